The van der Waals surface area contributed by atoms with Crippen molar-refractivity contribution in [3.8, 4) is 5.88 Å². The minimum absolute atomic E-state index is 0.0333. The Balaban J connectivity index is 1.59. The second-order valence-electron chi connectivity index (χ2n) is 6.64. The van der Waals surface area contributed by atoms with Gasteiger partial charge in [0.05, 0.1) is 7.11 Å². The van der Waals surface area contributed by atoms with Crippen LogP contribution in [0.1, 0.15) is 25.3 Å². The first-order chi connectivity index (χ1) is 13.1. The van der Waals surface area contributed by atoms with Gasteiger partial charge in [-0.3, -0.25) is 4.79 Å². The van der Waals surface area contributed by atoms with Crippen molar-refractivity contribution in [2.45, 2.75) is 26.3 Å². The summed E-state index contributed by atoms with van der Waals surface area (Å²) in [4.78, 5) is 25.7. The van der Waals surface area contributed by atoms with E-state index in [1.54, 1.807) is 19.4 Å². The summed E-state index contributed by atoms with van der Waals surface area (Å²) in [6.07, 6.45) is 3.29. The lowest BCUT2D eigenvalue weighted by Crippen LogP contribution is -2.42. The van der Waals surface area contributed by atoms with Gasteiger partial charge in [-0.25, -0.2) is 4.98 Å². The number of rotatable bonds is 6. The third kappa shape index (κ3) is 4.89. The van der Waals surface area contributed by atoms with Crippen LogP contribution in [-0.4, -0.2) is 47.5 Å². The van der Waals surface area contributed by atoms with Crippen LogP contribution < -0.4 is 9.64 Å². The Bertz CT molecular complexity index is 778. The summed E-state index contributed by atoms with van der Waals surface area (Å²) < 4.78 is 5.17. The van der Waals surface area contributed by atoms with Gasteiger partial charge in [-0.05, 0) is 37.5 Å². The predicted molar refractivity (Wildman–Crippen MR) is 106 cm³/mol. The van der Waals surface area contributed by atoms with E-state index in [4.69, 9.17) is 16.3 Å². The van der Waals surface area contributed by atoms with Gasteiger partial charge < -0.3 is 14.5 Å². The topological polar surface area (TPSA) is 58.6 Å². The van der Waals surface area contributed by atoms with Crippen molar-refractivity contribution in [1.29, 1.82) is 0 Å². The lowest BCUT2D eigenvalue weighted by molar-refractivity contribution is -0.136. The van der Waals surface area contributed by atoms with Crippen molar-refractivity contribution < 1.29 is 9.53 Å². The molecule has 1 aliphatic heterocycles. The van der Waals surface area contributed by atoms with Crippen molar-refractivity contribution in [3.63, 3.8) is 0 Å². The molecule has 2 aromatic rings. The molecule has 0 unspecified atom stereocenters. The molecule has 3 rings (SSSR count). The van der Waals surface area contributed by atoms with Gasteiger partial charge in [-0.15, -0.1) is 0 Å². The van der Waals surface area contributed by atoms with Crippen LogP contribution in [0.15, 0.2) is 36.5 Å². The minimum Gasteiger partial charge on any atom is -0.481 e. The van der Waals surface area contributed by atoms with Crippen molar-refractivity contribution in [1.82, 2.24) is 14.9 Å². The Morgan fingerprint density at radius 2 is 2.11 bits per heavy atom. The Labute approximate surface area is 165 Å². The number of methoxy groups -OCH3 is 1. The normalized spacial score (nSPS) is 14.9. The van der Waals surface area contributed by atoms with Crippen molar-refractivity contribution >= 4 is 23.5 Å². The molecule has 27 heavy (non-hydrogen) atoms. The molecule has 1 aromatic heterocycles. The summed E-state index contributed by atoms with van der Waals surface area (Å²) >= 11 is 6.07. The molecular formula is C20H25ClN4O2. The smallest absolute Gasteiger partial charge is 0.228 e. The van der Waals surface area contributed by atoms with Gasteiger partial charge >= 0.3 is 0 Å². The maximum atomic E-state index is 13.0. The molecule has 0 saturated carbocycles. The number of aromatic nitrogens is 2. The average molecular weight is 389 g/mol. The quantitative estimate of drug-likeness (QED) is 0.759. The van der Waals surface area contributed by atoms with E-state index < -0.39 is 0 Å². The second-order valence-corrected chi connectivity index (χ2v) is 7.08. The molecule has 1 amide bonds. The third-order valence-corrected chi connectivity index (χ3v) is 5.14. The number of ether oxygens (including phenoxy) is 1. The molecule has 6 nitrogen and oxygen atoms in total. The highest BCUT2D eigenvalue weighted by Crippen LogP contribution is 2.24. The number of carbonyl (C=O) groups is 1. The molecule has 1 aromatic carbocycles. The number of hydrogen-bond donors (Lipinski definition) is 0. The number of carbonyl (C=O) groups excluding carboxylic acids is 1. The lowest BCUT2D eigenvalue weighted by atomic mass is 9.95. The largest absolute Gasteiger partial charge is 0.481 e. The summed E-state index contributed by atoms with van der Waals surface area (Å²) in [5.74, 6) is 1.46. The molecule has 0 atom stereocenters. The van der Waals surface area contributed by atoms with Crippen LogP contribution in [0.4, 0.5) is 5.95 Å². The SMILES string of the molecule is CCN(Cc1cccc(Cl)c1)C(=O)C1CCN(c2nccc(OC)n2)CC1. The van der Waals surface area contributed by atoms with Gasteiger partial charge in [0.25, 0.3) is 0 Å². The molecule has 144 valence electrons. The first-order valence-electron chi connectivity index (χ1n) is 9.26. The van der Waals surface area contributed by atoms with Gasteiger partial charge in [-0.2, -0.15) is 4.98 Å². The molecule has 1 fully saturated rings. The predicted octanol–water partition coefficient (Wildman–Crippen LogP) is 3.40. The van der Waals surface area contributed by atoms with Gasteiger partial charge in [0, 0.05) is 49.4 Å². The zero-order chi connectivity index (χ0) is 19.2. The fourth-order valence-electron chi connectivity index (χ4n) is 3.38. The number of anilines is 1. The summed E-state index contributed by atoms with van der Waals surface area (Å²) in [5, 5.41) is 0.697. The van der Waals surface area contributed by atoms with Crippen LogP contribution in [0.2, 0.25) is 5.02 Å². The highest BCUT2D eigenvalue weighted by Gasteiger charge is 2.29. The molecule has 0 spiro atoms. The van der Waals surface area contributed by atoms with E-state index in [1.165, 1.54) is 0 Å². The third-order valence-electron chi connectivity index (χ3n) is 4.91. The van der Waals surface area contributed by atoms with E-state index in [0.29, 0.717) is 29.9 Å². The van der Waals surface area contributed by atoms with E-state index in [1.807, 2.05) is 36.1 Å². The maximum Gasteiger partial charge on any atom is 0.228 e. The monoisotopic (exact) mass is 388 g/mol. The number of amides is 1. The standard InChI is InChI=1S/C20H25ClN4O2/c1-3-24(14-15-5-4-6-17(21)13-15)19(26)16-8-11-25(12-9-16)20-22-10-7-18(23-20)27-2/h4-7,10,13,16H,3,8-9,11-12,14H2,1-2H3. The first kappa shape index (κ1) is 19.4. The van der Waals surface area contributed by atoms with Crippen LogP contribution >= 0.6 is 11.6 Å². The molecule has 0 N–H and O–H groups in total. The summed E-state index contributed by atoms with van der Waals surface area (Å²) in [6.45, 7) is 4.82. The summed E-state index contributed by atoms with van der Waals surface area (Å²) in [5.41, 5.74) is 1.06. The first-order valence-corrected chi connectivity index (χ1v) is 9.63. The number of hydrogen-bond acceptors (Lipinski definition) is 5. The number of piperidine rings is 1. The lowest BCUT2D eigenvalue weighted by Gasteiger charge is -2.34. The molecule has 0 bridgehead atoms. The van der Waals surface area contributed by atoms with Crippen LogP contribution in [0.5, 0.6) is 5.88 Å². The van der Waals surface area contributed by atoms with E-state index >= 15 is 0 Å². The number of benzene rings is 1. The van der Waals surface area contributed by atoms with E-state index in [2.05, 4.69) is 14.9 Å². The zero-order valence-electron chi connectivity index (χ0n) is 15.8. The molecule has 2 heterocycles. The Morgan fingerprint density at radius 1 is 1.33 bits per heavy atom. The molecular weight excluding hydrogens is 364 g/mol. The van der Waals surface area contributed by atoms with Crippen LogP contribution in [0.3, 0.4) is 0 Å². The summed E-state index contributed by atoms with van der Waals surface area (Å²) in [7, 11) is 1.59. The highest BCUT2D eigenvalue weighted by atomic mass is 35.5. The Morgan fingerprint density at radius 3 is 2.78 bits per heavy atom. The Kier molecular flexibility index (Phi) is 6.50. The van der Waals surface area contributed by atoms with Crippen LogP contribution in [0.25, 0.3) is 0 Å². The number of nitrogens with zero attached hydrogens (tertiary/aromatic N) is 4. The molecule has 0 radical (unpaired) electrons. The average Bonchev–Trinajstić information content (AvgIpc) is 2.71. The molecule has 1 saturated heterocycles. The van der Waals surface area contributed by atoms with E-state index in [0.717, 1.165) is 31.5 Å². The molecule has 0 aliphatic carbocycles. The summed E-state index contributed by atoms with van der Waals surface area (Å²) in [6, 6.07) is 9.42. The van der Waals surface area contributed by atoms with E-state index in [-0.39, 0.29) is 11.8 Å². The van der Waals surface area contributed by atoms with Gasteiger partial charge in [0.15, 0.2) is 0 Å². The van der Waals surface area contributed by atoms with Crippen molar-refractivity contribution in [3.05, 3.63) is 47.1 Å². The maximum absolute atomic E-state index is 13.0. The van der Waals surface area contributed by atoms with E-state index in [9.17, 15) is 4.79 Å². The molecule has 7 heteroatoms. The van der Waals surface area contributed by atoms with Gasteiger partial charge in [0.2, 0.25) is 17.7 Å². The van der Waals surface area contributed by atoms with Crippen molar-refractivity contribution in [2.75, 3.05) is 31.6 Å². The number of halogens is 1. The van der Waals surface area contributed by atoms with Gasteiger partial charge in [-0.1, -0.05) is 23.7 Å². The van der Waals surface area contributed by atoms with Crippen molar-refractivity contribution in [2.24, 2.45) is 5.92 Å². The highest BCUT2D eigenvalue weighted by molar-refractivity contribution is 6.30. The van der Waals surface area contributed by atoms with Crippen LogP contribution in [-0.2, 0) is 11.3 Å². The molecule has 1 aliphatic rings. The van der Waals surface area contributed by atoms with Crippen LogP contribution in [0, 0.1) is 5.92 Å². The fraction of sp³-hybridized carbons (Fsp3) is 0.450. The fourth-order valence-corrected chi connectivity index (χ4v) is 3.60. The van der Waals surface area contributed by atoms with Gasteiger partial charge in [0.1, 0.15) is 0 Å². The Hall–Kier alpha value is -2.34. The zero-order valence-corrected chi connectivity index (χ0v) is 16.5. The minimum atomic E-state index is 0.0333. The second kappa shape index (κ2) is 9.04.